The van der Waals surface area contributed by atoms with Gasteiger partial charge in [0.25, 0.3) is 0 Å². The second kappa shape index (κ2) is 6.46. The fourth-order valence-electron chi connectivity index (χ4n) is 2.82. The fourth-order valence-corrected chi connectivity index (χ4v) is 2.82. The van der Waals surface area contributed by atoms with Crippen LogP contribution in [0.5, 0.6) is 0 Å². The molecule has 0 fully saturated rings. The molecule has 0 amide bonds. The second-order valence-electron chi connectivity index (χ2n) is 6.37. The van der Waals surface area contributed by atoms with Gasteiger partial charge in [0, 0.05) is 0 Å². The SMILES string of the molecule is Cc1ccc2cc(C(CCN(C)C)n3nnc(C)n3)ccc2c1. The Kier molecular flexibility index (Phi) is 4.39. The number of hydrogen-bond acceptors (Lipinski definition) is 4. The Labute approximate surface area is 136 Å². The summed E-state index contributed by atoms with van der Waals surface area (Å²) in [5, 5.41) is 15.2. The number of tetrazole rings is 1. The maximum absolute atomic E-state index is 4.44. The van der Waals surface area contributed by atoms with E-state index < -0.39 is 0 Å². The van der Waals surface area contributed by atoms with Crippen LogP contribution in [0.3, 0.4) is 0 Å². The molecule has 0 aliphatic heterocycles. The van der Waals surface area contributed by atoms with Gasteiger partial charge in [-0.25, -0.2) is 0 Å². The molecule has 1 aromatic heterocycles. The molecule has 23 heavy (non-hydrogen) atoms. The predicted molar refractivity (Wildman–Crippen MR) is 92.5 cm³/mol. The summed E-state index contributed by atoms with van der Waals surface area (Å²) >= 11 is 0. The number of hydrogen-bond donors (Lipinski definition) is 0. The van der Waals surface area contributed by atoms with E-state index in [1.54, 1.807) is 4.80 Å². The van der Waals surface area contributed by atoms with E-state index in [1.165, 1.54) is 21.9 Å². The van der Waals surface area contributed by atoms with Crippen LogP contribution in [0.25, 0.3) is 10.8 Å². The molecule has 1 heterocycles. The number of aromatic nitrogens is 4. The molecule has 5 nitrogen and oxygen atoms in total. The highest BCUT2D eigenvalue weighted by Crippen LogP contribution is 2.25. The third-order valence-corrected chi connectivity index (χ3v) is 4.06. The molecule has 0 aliphatic carbocycles. The molecular formula is C18H23N5. The molecule has 5 heteroatoms. The van der Waals surface area contributed by atoms with Gasteiger partial charge in [-0.3, -0.25) is 0 Å². The first-order chi connectivity index (χ1) is 11.0. The molecule has 0 saturated carbocycles. The minimum atomic E-state index is 0.101. The fraction of sp³-hybridized carbons (Fsp3) is 0.389. The minimum absolute atomic E-state index is 0.101. The molecule has 2 aromatic carbocycles. The average Bonchev–Trinajstić information content (AvgIpc) is 2.93. The zero-order valence-corrected chi connectivity index (χ0v) is 14.2. The first-order valence-electron chi connectivity index (χ1n) is 7.94. The number of aryl methyl sites for hydroxylation is 2. The number of rotatable bonds is 5. The van der Waals surface area contributed by atoms with E-state index >= 15 is 0 Å². The maximum atomic E-state index is 4.44. The summed E-state index contributed by atoms with van der Waals surface area (Å²) in [5.41, 5.74) is 2.50. The lowest BCUT2D eigenvalue weighted by Crippen LogP contribution is -2.21. The van der Waals surface area contributed by atoms with Gasteiger partial charge in [-0.1, -0.05) is 35.9 Å². The Bertz CT molecular complexity index is 806. The van der Waals surface area contributed by atoms with Crippen LogP contribution in [0, 0.1) is 13.8 Å². The van der Waals surface area contributed by atoms with E-state index in [1.807, 2.05) is 6.92 Å². The first-order valence-corrected chi connectivity index (χ1v) is 7.94. The van der Waals surface area contributed by atoms with Crippen molar-refractivity contribution in [3.8, 4) is 0 Å². The predicted octanol–water partition coefficient (Wildman–Crippen LogP) is 2.98. The summed E-state index contributed by atoms with van der Waals surface area (Å²) < 4.78 is 0. The first kappa shape index (κ1) is 15.6. The van der Waals surface area contributed by atoms with Gasteiger partial charge >= 0.3 is 0 Å². The molecule has 1 unspecified atom stereocenters. The summed E-state index contributed by atoms with van der Waals surface area (Å²) in [7, 11) is 4.17. The van der Waals surface area contributed by atoms with Gasteiger partial charge in [0.15, 0.2) is 5.82 Å². The Hall–Kier alpha value is -2.27. The van der Waals surface area contributed by atoms with Crippen molar-refractivity contribution in [2.75, 3.05) is 20.6 Å². The summed E-state index contributed by atoms with van der Waals surface area (Å²) in [4.78, 5) is 3.93. The monoisotopic (exact) mass is 309 g/mol. The lowest BCUT2D eigenvalue weighted by molar-refractivity contribution is 0.339. The third kappa shape index (κ3) is 3.56. The Balaban J connectivity index is 1.99. The molecule has 0 bridgehead atoms. The quantitative estimate of drug-likeness (QED) is 0.727. The van der Waals surface area contributed by atoms with Gasteiger partial charge in [-0.15, -0.1) is 10.2 Å². The topological polar surface area (TPSA) is 46.8 Å². The van der Waals surface area contributed by atoms with Gasteiger partial charge in [0.05, 0.1) is 6.04 Å². The highest BCUT2D eigenvalue weighted by Gasteiger charge is 2.17. The van der Waals surface area contributed by atoms with E-state index in [9.17, 15) is 0 Å². The molecule has 0 aliphatic rings. The third-order valence-electron chi connectivity index (χ3n) is 4.06. The van der Waals surface area contributed by atoms with Gasteiger partial charge in [-0.05, 0) is 68.5 Å². The van der Waals surface area contributed by atoms with Crippen molar-refractivity contribution in [3.05, 3.63) is 53.3 Å². The van der Waals surface area contributed by atoms with E-state index in [2.05, 4.69) is 77.7 Å². The molecule has 0 radical (unpaired) electrons. The highest BCUT2D eigenvalue weighted by atomic mass is 15.6. The Morgan fingerprint density at radius 1 is 1.04 bits per heavy atom. The van der Waals surface area contributed by atoms with Crippen LogP contribution in [-0.2, 0) is 0 Å². The normalized spacial score (nSPS) is 12.9. The Morgan fingerprint density at radius 2 is 1.78 bits per heavy atom. The van der Waals surface area contributed by atoms with Crippen LogP contribution in [0.2, 0.25) is 0 Å². The molecular weight excluding hydrogens is 286 g/mol. The van der Waals surface area contributed by atoms with E-state index in [0.29, 0.717) is 5.82 Å². The number of fused-ring (bicyclic) bond motifs is 1. The van der Waals surface area contributed by atoms with Crippen LogP contribution in [0.1, 0.15) is 29.4 Å². The number of nitrogens with zero attached hydrogens (tertiary/aromatic N) is 5. The van der Waals surface area contributed by atoms with Crippen LogP contribution in [0.4, 0.5) is 0 Å². The molecule has 0 N–H and O–H groups in total. The van der Waals surface area contributed by atoms with E-state index in [0.717, 1.165) is 13.0 Å². The minimum Gasteiger partial charge on any atom is -0.309 e. The molecule has 0 spiro atoms. The van der Waals surface area contributed by atoms with Gasteiger partial charge in [0.1, 0.15) is 0 Å². The van der Waals surface area contributed by atoms with Crippen molar-refractivity contribution in [1.82, 2.24) is 25.1 Å². The summed E-state index contributed by atoms with van der Waals surface area (Å²) in [6.07, 6.45) is 0.945. The van der Waals surface area contributed by atoms with E-state index in [-0.39, 0.29) is 6.04 Å². The van der Waals surface area contributed by atoms with Crippen molar-refractivity contribution in [2.45, 2.75) is 26.3 Å². The summed E-state index contributed by atoms with van der Waals surface area (Å²) in [6.45, 7) is 4.96. The lowest BCUT2D eigenvalue weighted by atomic mass is 9.99. The summed E-state index contributed by atoms with van der Waals surface area (Å²) in [5.74, 6) is 0.705. The standard InChI is InChI=1S/C18H23N5/c1-13-5-6-16-12-17(8-7-15(16)11-13)18(9-10-22(3)4)23-20-14(2)19-21-23/h5-8,11-12,18H,9-10H2,1-4H3. The largest absolute Gasteiger partial charge is 0.309 e. The van der Waals surface area contributed by atoms with Crippen LogP contribution < -0.4 is 0 Å². The maximum Gasteiger partial charge on any atom is 0.171 e. The van der Waals surface area contributed by atoms with Crippen molar-refractivity contribution in [2.24, 2.45) is 0 Å². The highest BCUT2D eigenvalue weighted by molar-refractivity contribution is 5.83. The number of benzene rings is 2. The van der Waals surface area contributed by atoms with Crippen LogP contribution in [-0.4, -0.2) is 45.7 Å². The second-order valence-corrected chi connectivity index (χ2v) is 6.37. The zero-order chi connectivity index (χ0) is 16.4. The van der Waals surface area contributed by atoms with Gasteiger partial charge in [-0.2, -0.15) is 4.80 Å². The molecule has 3 aromatic rings. The van der Waals surface area contributed by atoms with Crippen molar-refractivity contribution in [1.29, 1.82) is 0 Å². The van der Waals surface area contributed by atoms with Gasteiger partial charge in [0.2, 0.25) is 0 Å². The summed E-state index contributed by atoms with van der Waals surface area (Å²) in [6, 6.07) is 13.3. The van der Waals surface area contributed by atoms with E-state index in [4.69, 9.17) is 0 Å². The smallest absolute Gasteiger partial charge is 0.171 e. The van der Waals surface area contributed by atoms with Crippen LogP contribution >= 0.6 is 0 Å². The molecule has 3 rings (SSSR count). The van der Waals surface area contributed by atoms with Crippen molar-refractivity contribution < 1.29 is 0 Å². The molecule has 0 saturated heterocycles. The average molecular weight is 309 g/mol. The van der Waals surface area contributed by atoms with Crippen molar-refractivity contribution >= 4 is 10.8 Å². The molecule has 120 valence electrons. The molecule has 1 atom stereocenters. The van der Waals surface area contributed by atoms with Gasteiger partial charge < -0.3 is 4.90 Å². The lowest BCUT2D eigenvalue weighted by Gasteiger charge is -2.19. The Morgan fingerprint density at radius 3 is 2.48 bits per heavy atom. The van der Waals surface area contributed by atoms with Crippen LogP contribution in [0.15, 0.2) is 36.4 Å². The van der Waals surface area contributed by atoms with Crippen molar-refractivity contribution in [3.63, 3.8) is 0 Å². The zero-order valence-electron chi connectivity index (χ0n) is 14.2.